The maximum Gasteiger partial charge on any atom is 0.251 e. The van der Waals surface area contributed by atoms with Gasteiger partial charge >= 0.3 is 0 Å². The Kier molecular flexibility index (Phi) is 5.20. The molecule has 152 valence electrons. The predicted octanol–water partition coefficient (Wildman–Crippen LogP) is 1.46. The molecule has 9 heteroatoms. The average Bonchev–Trinajstić information content (AvgIpc) is 3.03. The Morgan fingerprint density at radius 2 is 1.48 bits per heavy atom. The number of rotatable bonds is 4. The summed E-state index contributed by atoms with van der Waals surface area (Å²) in [5.41, 5.74) is 0.544. The van der Waals surface area contributed by atoms with E-state index in [-0.39, 0.29) is 36.2 Å². The van der Waals surface area contributed by atoms with Gasteiger partial charge in [-0.15, -0.1) is 0 Å². The van der Waals surface area contributed by atoms with E-state index in [1.165, 1.54) is 21.3 Å². The van der Waals surface area contributed by atoms with Gasteiger partial charge in [0.2, 0.25) is 15.9 Å². The fourth-order valence-corrected chi connectivity index (χ4v) is 5.18. The van der Waals surface area contributed by atoms with Crippen LogP contribution >= 0.6 is 0 Å². The van der Waals surface area contributed by atoms with Crippen LogP contribution in [0.25, 0.3) is 0 Å². The first-order valence-electron chi connectivity index (χ1n) is 9.29. The van der Waals surface area contributed by atoms with Crippen molar-refractivity contribution in [3.8, 4) is 0 Å². The Bertz CT molecular complexity index is 1020. The van der Waals surface area contributed by atoms with Gasteiger partial charge in [-0.2, -0.15) is 4.31 Å². The zero-order valence-corrected chi connectivity index (χ0v) is 16.4. The molecule has 2 amide bonds. The summed E-state index contributed by atoms with van der Waals surface area (Å²) in [7, 11) is -3.73. The zero-order chi connectivity index (χ0) is 20.6. The largest absolute Gasteiger partial charge is 0.289 e. The van der Waals surface area contributed by atoms with Crippen LogP contribution < -0.4 is 4.90 Å². The van der Waals surface area contributed by atoms with Gasteiger partial charge in [0.25, 0.3) is 5.91 Å². The van der Waals surface area contributed by atoms with Crippen molar-refractivity contribution in [1.82, 2.24) is 9.21 Å². The first kappa shape index (κ1) is 19.7. The summed E-state index contributed by atoms with van der Waals surface area (Å²) in [5.74, 6) is -1.04. The van der Waals surface area contributed by atoms with E-state index in [9.17, 15) is 22.4 Å². The average molecular weight is 417 g/mol. The summed E-state index contributed by atoms with van der Waals surface area (Å²) in [5, 5.41) is 0. The van der Waals surface area contributed by atoms with Crippen LogP contribution in [0.4, 0.5) is 10.1 Å². The van der Waals surface area contributed by atoms with Crippen molar-refractivity contribution < 1.29 is 22.4 Å². The maximum absolute atomic E-state index is 13.1. The predicted molar refractivity (Wildman–Crippen MR) is 104 cm³/mol. The number of hydrogen-bond donors (Lipinski definition) is 0. The van der Waals surface area contributed by atoms with Gasteiger partial charge in [0.1, 0.15) is 5.82 Å². The third-order valence-electron chi connectivity index (χ3n) is 5.30. The number of para-hydroxylation sites is 1. The van der Waals surface area contributed by atoms with Crippen LogP contribution in [0.3, 0.4) is 0 Å². The van der Waals surface area contributed by atoms with Crippen molar-refractivity contribution in [2.45, 2.75) is 17.4 Å². The number of piperazine rings is 1. The van der Waals surface area contributed by atoms with Crippen LogP contribution in [-0.4, -0.2) is 61.7 Å². The Labute approximate surface area is 168 Å². The van der Waals surface area contributed by atoms with Crippen molar-refractivity contribution in [3.63, 3.8) is 0 Å². The molecule has 2 aliphatic rings. The van der Waals surface area contributed by atoms with E-state index in [2.05, 4.69) is 0 Å². The Balaban J connectivity index is 1.44. The molecule has 0 unspecified atom stereocenters. The number of benzene rings is 2. The van der Waals surface area contributed by atoms with Gasteiger partial charge in [0, 0.05) is 26.2 Å². The monoisotopic (exact) mass is 417 g/mol. The lowest BCUT2D eigenvalue weighted by atomic mass is 10.2. The third-order valence-corrected chi connectivity index (χ3v) is 7.22. The highest BCUT2D eigenvalue weighted by Gasteiger charge is 2.44. The van der Waals surface area contributed by atoms with Crippen molar-refractivity contribution in [1.29, 1.82) is 0 Å². The van der Waals surface area contributed by atoms with Crippen molar-refractivity contribution >= 4 is 27.5 Å². The number of halogens is 1. The second kappa shape index (κ2) is 7.66. The summed E-state index contributed by atoms with van der Waals surface area (Å²) in [6, 6.07) is 12.9. The zero-order valence-electron chi connectivity index (χ0n) is 15.6. The lowest BCUT2D eigenvalue weighted by molar-refractivity contribution is -0.123. The second-order valence-electron chi connectivity index (χ2n) is 7.02. The fraction of sp³-hybridized carbons (Fsp3) is 0.300. The molecule has 0 aromatic heterocycles. The van der Waals surface area contributed by atoms with Crippen LogP contribution in [0.15, 0.2) is 59.5 Å². The summed E-state index contributed by atoms with van der Waals surface area (Å²) in [6.45, 7) is 1.07. The minimum Gasteiger partial charge on any atom is -0.289 e. The second-order valence-corrected chi connectivity index (χ2v) is 8.95. The number of carbonyl (C=O) groups excluding carboxylic acids is 2. The molecule has 1 atom stereocenters. The molecule has 2 aliphatic heterocycles. The molecule has 0 aliphatic carbocycles. The Hall–Kier alpha value is -2.62. The molecule has 7 nitrogen and oxygen atoms in total. The molecular weight excluding hydrogens is 397 g/mol. The minimum absolute atomic E-state index is 0.0368. The van der Waals surface area contributed by atoms with E-state index in [4.69, 9.17) is 0 Å². The van der Waals surface area contributed by atoms with Gasteiger partial charge in [-0.25, -0.2) is 17.7 Å². The van der Waals surface area contributed by atoms with Gasteiger partial charge in [-0.05, 0) is 36.4 Å². The molecule has 0 radical (unpaired) electrons. The molecule has 2 heterocycles. The summed E-state index contributed by atoms with van der Waals surface area (Å²) in [4.78, 5) is 28.4. The molecule has 2 aromatic carbocycles. The van der Waals surface area contributed by atoms with Crippen molar-refractivity contribution in [2.75, 3.05) is 31.1 Å². The van der Waals surface area contributed by atoms with Gasteiger partial charge in [0.15, 0.2) is 0 Å². The van der Waals surface area contributed by atoms with Gasteiger partial charge in [-0.3, -0.25) is 14.5 Å². The number of nitrogens with zero attached hydrogens (tertiary/aromatic N) is 3. The number of hydrogen-bond acceptors (Lipinski definition) is 5. The highest BCUT2D eigenvalue weighted by Crippen LogP contribution is 2.27. The highest BCUT2D eigenvalue weighted by molar-refractivity contribution is 7.89. The van der Waals surface area contributed by atoms with E-state index in [0.29, 0.717) is 18.8 Å². The molecule has 2 aromatic rings. The topological polar surface area (TPSA) is 78.0 Å². The SMILES string of the molecule is O=C1C[C@H](N2CCN(S(=O)(=O)c3ccc(F)cc3)CC2)C(=O)N1c1ccccc1. The van der Waals surface area contributed by atoms with E-state index in [0.717, 1.165) is 12.1 Å². The van der Waals surface area contributed by atoms with Crippen LogP contribution in [0.5, 0.6) is 0 Å². The number of sulfonamides is 1. The third kappa shape index (κ3) is 3.68. The maximum atomic E-state index is 13.1. The van der Waals surface area contributed by atoms with Gasteiger partial charge in [0.05, 0.1) is 23.0 Å². The van der Waals surface area contributed by atoms with Crippen LogP contribution in [0.2, 0.25) is 0 Å². The molecule has 4 rings (SSSR count). The summed E-state index contributed by atoms with van der Waals surface area (Å²) in [6.07, 6.45) is 0.0818. The molecular formula is C20H20FN3O4S. The van der Waals surface area contributed by atoms with E-state index in [1.54, 1.807) is 24.3 Å². The van der Waals surface area contributed by atoms with Crippen LogP contribution in [0, 0.1) is 5.82 Å². The van der Waals surface area contributed by atoms with Crippen LogP contribution in [0.1, 0.15) is 6.42 Å². The van der Waals surface area contributed by atoms with Gasteiger partial charge < -0.3 is 0 Å². The number of amides is 2. The standard InChI is InChI=1S/C20H20FN3O4S/c21-15-6-8-17(9-7-15)29(27,28)23-12-10-22(11-13-23)18-14-19(25)24(20(18)26)16-4-2-1-3-5-16/h1-9,18H,10-14H2/t18-/m0/s1. The first-order valence-corrected chi connectivity index (χ1v) is 10.7. The number of anilines is 1. The van der Waals surface area contributed by atoms with Crippen molar-refractivity contribution in [2.24, 2.45) is 0 Å². The summed E-state index contributed by atoms with van der Waals surface area (Å²) >= 11 is 0. The minimum atomic E-state index is -3.73. The first-order chi connectivity index (χ1) is 13.9. The van der Waals surface area contributed by atoms with Gasteiger partial charge in [-0.1, -0.05) is 18.2 Å². The molecule has 2 saturated heterocycles. The quantitative estimate of drug-likeness (QED) is 0.704. The van der Waals surface area contributed by atoms with Crippen LogP contribution in [-0.2, 0) is 19.6 Å². The molecule has 0 spiro atoms. The number of carbonyl (C=O) groups is 2. The van der Waals surface area contributed by atoms with Crippen molar-refractivity contribution in [3.05, 3.63) is 60.4 Å². The summed E-state index contributed by atoms with van der Waals surface area (Å²) < 4.78 is 39.9. The Morgan fingerprint density at radius 3 is 2.10 bits per heavy atom. The lowest BCUT2D eigenvalue weighted by Crippen LogP contribution is -2.53. The molecule has 29 heavy (non-hydrogen) atoms. The smallest absolute Gasteiger partial charge is 0.251 e. The normalized spacial score (nSPS) is 21.7. The molecule has 2 fully saturated rings. The molecule has 0 saturated carbocycles. The Morgan fingerprint density at radius 1 is 0.862 bits per heavy atom. The van der Waals surface area contributed by atoms with E-state index >= 15 is 0 Å². The van der Waals surface area contributed by atoms with E-state index in [1.807, 2.05) is 11.0 Å². The van der Waals surface area contributed by atoms with E-state index < -0.39 is 21.9 Å². The number of imide groups is 1. The molecule has 0 bridgehead atoms. The highest BCUT2D eigenvalue weighted by atomic mass is 32.2. The molecule has 0 N–H and O–H groups in total. The lowest BCUT2D eigenvalue weighted by Gasteiger charge is -2.36. The fourth-order valence-electron chi connectivity index (χ4n) is 3.76.